The fraction of sp³-hybridized carbons (Fsp3) is 0.625. The van der Waals surface area contributed by atoms with E-state index in [4.69, 9.17) is 0 Å². The van der Waals surface area contributed by atoms with E-state index in [9.17, 15) is 4.39 Å². The molecule has 1 aromatic carbocycles. The summed E-state index contributed by atoms with van der Waals surface area (Å²) in [5, 5.41) is 3.49. The number of likely N-dealkylation sites (N-methyl/N-ethyl adjacent to an activating group) is 3. The van der Waals surface area contributed by atoms with Gasteiger partial charge in [-0.1, -0.05) is 19.1 Å². The van der Waals surface area contributed by atoms with Crippen LogP contribution >= 0.6 is 15.9 Å². The van der Waals surface area contributed by atoms with Crippen LogP contribution in [0.15, 0.2) is 22.7 Å². The normalized spacial score (nSPS) is 23.0. The van der Waals surface area contributed by atoms with Crippen LogP contribution in [-0.2, 0) is 0 Å². The average Bonchev–Trinajstić information content (AvgIpc) is 2.61. The molecule has 3 nitrogen and oxygen atoms in total. The molecule has 0 amide bonds. The van der Waals surface area contributed by atoms with Crippen molar-refractivity contribution in [3.8, 4) is 0 Å². The molecule has 0 spiro atoms. The number of hydrogen-bond acceptors (Lipinski definition) is 3. The molecule has 1 heterocycles. The van der Waals surface area contributed by atoms with E-state index in [0.29, 0.717) is 4.47 Å². The van der Waals surface area contributed by atoms with Crippen molar-refractivity contribution in [2.45, 2.75) is 25.4 Å². The molecule has 0 aromatic heterocycles. The van der Waals surface area contributed by atoms with Crippen molar-refractivity contribution in [1.82, 2.24) is 15.1 Å². The number of hydrogen-bond donors (Lipinski definition) is 1. The van der Waals surface area contributed by atoms with Gasteiger partial charge in [0.05, 0.1) is 10.5 Å². The molecule has 2 unspecified atom stereocenters. The van der Waals surface area contributed by atoms with E-state index >= 15 is 0 Å². The lowest BCUT2D eigenvalue weighted by Crippen LogP contribution is -2.47. The van der Waals surface area contributed by atoms with Crippen molar-refractivity contribution in [2.75, 3.05) is 40.3 Å². The van der Waals surface area contributed by atoms with Crippen molar-refractivity contribution in [3.05, 3.63) is 34.1 Å². The van der Waals surface area contributed by atoms with Crippen molar-refractivity contribution >= 4 is 15.9 Å². The summed E-state index contributed by atoms with van der Waals surface area (Å²) in [6, 6.07) is 5.82. The Morgan fingerprint density at radius 3 is 2.86 bits per heavy atom. The molecule has 1 aliphatic heterocycles. The van der Waals surface area contributed by atoms with Gasteiger partial charge in [-0.2, -0.15) is 0 Å². The van der Waals surface area contributed by atoms with Gasteiger partial charge in [-0.15, -0.1) is 0 Å². The standard InChI is InChI=1S/C16H25BrFN3/c1-4-19-16(12-7-5-8-13(17)15(12)18)14-11-20(2)9-6-10-21(14)3/h5,7-8,14,16,19H,4,6,9-11H2,1-3H3. The van der Waals surface area contributed by atoms with Gasteiger partial charge in [0, 0.05) is 18.2 Å². The number of benzene rings is 1. The molecule has 1 aliphatic rings. The monoisotopic (exact) mass is 357 g/mol. The van der Waals surface area contributed by atoms with Crippen LogP contribution in [0.25, 0.3) is 0 Å². The van der Waals surface area contributed by atoms with Gasteiger partial charge in [-0.05, 0) is 62.1 Å². The molecule has 1 aromatic rings. The lowest BCUT2D eigenvalue weighted by atomic mass is 9.97. The van der Waals surface area contributed by atoms with Gasteiger partial charge >= 0.3 is 0 Å². The third-order valence-corrected chi connectivity index (χ3v) is 4.85. The van der Waals surface area contributed by atoms with Crippen molar-refractivity contribution < 1.29 is 4.39 Å². The minimum Gasteiger partial charge on any atom is -0.309 e. The van der Waals surface area contributed by atoms with E-state index in [0.717, 1.165) is 38.2 Å². The van der Waals surface area contributed by atoms with Gasteiger partial charge in [-0.3, -0.25) is 0 Å². The van der Waals surface area contributed by atoms with Crippen molar-refractivity contribution in [3.63, 3.8) is 0 Å². The van der Waals surface area contributed by atoms with E-state index in [1.807, 2.05) is 12.1 Å². The fourth-order valence-electron chi connectivity index (χ4n) is 3.10. The first kappa shape index (κ1) is 16.9. The summed E-state index contributed by atoms with van der Waals surface area (Å²) >= 11 is 3.31. The third kappa shape index (κ3) is 4.03. The first-order valence-electron chi connectivity index (χ1n) is 7.60. The summed E-state index contributed by atoms with van der Waals surface area (Å²) < 4.78 is 15.1. The van der Waals surface area contributed by atoms with Gasteiger partial charge in [0.2, 0.25) is 0 Å². The van der Waals surface area contributed by atoms with Crippen LogP contribution < -0.4 is 5.32 Å². The first-order chi connectivity index (χ1) is 10.0. The zero-order valence-corrected chi connectivity index (χ0v) is 14.7. The van der Waals surface area contributed by atoms with Gasteiger partial charge in [0.25, 0.3) is 0 Å². The number of nitrogens with one attached hydrogen (secondary N) is 1. The summed E-state index contributed by atoms with van der Waals surface area (Å²) in [7, 11) is 4.29. The molecule has 0 saturated carbocycles. The fourth-order valence-corrected chi connectivity index (χ4v) is 3.48. The Labute approximate surface area is 135 Å². The summed E-state index contributed by atoms with van der Waals surface area (Å²) in [5.41, 5.74) is 0.748. The smallest absolute Gasteiger partial charge is 0.142 e. The van der Waals surface area contributed by atoms with Crippen LogP contribution in [0.3, 0.4) is 0 Å². The van der Waals surface area contributed by atoms with Crippen LogP contribution in [0.5, 0.6) is 0 Å². The molecule has 5 heteroatoms. The van der Waals surface area contributed by atoms with Crippen LogP contribution in [0.4, 0.5) is 4.39 Å². The molecule has 1 fully saturated rings. The highest BCUT2D eigenvalue weighted by atomic mass is 79.9. The Morgan fingerprint density at radius 2 is 2.14 bits per heavy atom. The van der Waals surface area contributed by atoms with Gasteiger partial charge in [0.15, 0.2) is 0 Å². The first-order valence-corrected chi connectivity index (χ1v) is 8.40. The van der Waals surface area contributed by atoms with E-state index in [-0.39, 0.29) is 17.9 Å². The van der Waals surface area contributed by atoms with Gasteiger partial charge < -0.3 is 15.1 Å². The molecule has 0 radical (unpaired) electrons. The summed E-state index contributed by atoms with van der Waals surface area (Å²) in [5.74, 6) is -0.149. The Hall–Kier alpha value is -0.490. The number of rotatable bonds is 4. The van der Waals surface area contributed by atoms with Gasteiger partial charge in [-0.25, -0.2) is 4.39 Å². The predicted molar refractivity (Wildman–Crippen MR) is 89.0 cm³/mol. The molecular weight excluding hydrogens is 333 g/mol. The Bertz CT molecular complexity index is 469. The summed E-state index contributed by atoms with van der Waals surface area (Å²) in [6.45, 7) is 5.99. The number of halogens is 2. The largest absolute Gasteiger partial charge is 0.309 e. The maximum absolute atomic E-state index is 14.5. The van der Waals surface area contributed by atoms with Crippen molar-refractivity contribution in [1.29, 1.82) is 0 Å². The lowest BCUT2D eigenvalue weighted by molar-refractivity contribution is 0.177. The van der Waals surface area contributed by atoms with E-state index < -0.39 is 0 Å². The maximum Gasteiger partial charge on any atom is 0.142 e. The molecule has 2 rings (SSSR count). The van der Waals surface area contributed by atoms with Crippen LogP contribution in [0.1, 0.15) is 24.9 Å². The summed E-state index contributed by atoms with van der Waals surface area (Å²) in [4.78, 5) is 4.70. The van der Waals surface area contributed by atoms with Crippen LogP contribution in [0.2, 0.25) is 0 Å². The number of nitrogens with zero attached hydrogens (tertiary/aromatic N) is 2. The van der Waals surface area contributed by atoms with Gasteiger partial charge in [0.1, 0.15) is 5.82 Å². The summed E-state index contributed by atoms with van der Waals surface area (Å²) in [6.07, 6.45) is 1.16. The quantitative estimate of drug-likeness (QED) is 0.893. The average molecular weight is 358 g/mol. The van der Waals surface area contributed by atoms with E-state index in [2.05, 4.69) is 52.1 Å². The lowest BCUT2D eigenvalue weighted by Gasteiger charge is -2.35. The zero-order valence-electron chi connectivity index (χ0n) is 13.1. The second-order valence-corrected chi connectivity index (χ2v) is 6.70. The highest BCUT2D eigenvalue weighted by Gasteiger charge is 2.31. The maximum atomic E-state index is 14.5. The molecule has 2 atom stereocenters. The minimum atomic E-state index is -0.149. The molecule has 1 N–H and O–H groups in total. The van der Waals surface area contributed by atoms with Crippen LogP contribution in [-0.4, -0.2) is 56.1 Å². The second-order valence-electron chi connectivity index (χ2n) is 5.84. The van der Waals surface area contributed by atoms with Crippen molar-refractivity contribution in [2.24, 2.45) is 0 Å². The third-order valence-electron chi connectivity index (χ3n) is 4.24. The molecule has 21 heavy (non-hydrogen) atoms. The van der Waals surface area contributed by atoms with E-state index in [1.165, 1.54) is 0 Å². The Balaban J connectivity index is 2.34. The van der Waals surface area contributed by atoms with E-state index in [1.54, 1.807) is 6.07 Å². The SMILES string of the molecule is CCNC(c1cccc(Br)c1F)C1CN(C)CCCN1C. The topological polar surface area (TPSA) is 18.5 Å². The molecule has 1 saturated heterocycles. The highest BCUT2D eigenvalue weighted by molar-refractivity contribution is 9.10. The molecule has 118 valence electrons. The minimum absolute atomic E-state index is 0.00181. The second kappa shape index (κ2) is 7.68. The zero-order chi connectivity index (χ0) is 15.4. The Kier molecular flexibility index (Phi) is 6.17. The highest BCUT2D eigenvalue weighted by Crippen LogP contribution is 2.28. The molecule has 0 bridgehead atoms. The molecule has 0 aliphatic carbocycles. The molecular formula is C16H25BrFN3. The Morgan fingerprint density at radius 1 is 1.38 bits per heavy atom. The van der Waals surface area contributed by atoms with Crippen LogP contribution in [0, 0.1) is 5.82 Å². The predicted octanol–water partition coefficient (Wildman–Crippen LogP) is 2.87.